The monoisotopic (exact) mass is 435 g/mol. The molecule has 0 fully saturated rings. The van der Waals surface area contributed by atoms with E-state index in [1.807, 2.05) is 26.0 Å². The number of carbonyl (C=O) groups is 1. The zero-order chi connectivity index (χ0) is 22.1. The first-order chi connectivity index (χ1) is 14.8. The summed E-state index contributed by atoms with van der Waals surface area (Å²) in [5, 5.41) is 19.8. The van der Waals surface area contributed by atoms with E-state index in [-0.39, 0.29) is 23.5 Å². The normalized spacial score (nSPS) is 10.9. The first-order valence-electron chi connectivity index (χ1n) is 9.48. The van der Waals surface area contributed by atoms with Gasteiger partial charge in [-0.3, -0.25) is 14.9 Å². The lowest BCUT2D eigenvalue weighted by molar-refractivity contribution is -0.383. The molecular weight excluding hydrogens is 418 g/mol. The number of hydrogen-bond donors (Lipinski definition) is 1. The topological polar surface area (TPSA) is 103 Å². The first kappa shape index (κ1) is 20.5. The van der Waals surface area contributed by atoms with Gasteiger partial charge in [-0.2, -0.15) is 5.10 Å². The largest absolute Gasteiger partial charge is 0.325 e. The molecule has 9 heteroatoms. The summed E-state index contributed by atoms with van der Waals surface area (Å²) in [4.78, 5) is 27.7. The quantitative estimate of drug-likeness (QED) is 0.359. The van der Waals surface area contributed by atoms with Crippen LogP contribution in [0.25, 0.3) is 16.6 Å². The van der Waals surface area contributed by atoms with Crippen molar-refractivity contribution in [3.8, 4) is 5.69 Å². The van der Waals surface area contributed by atoms with Crippen LogP contribution in [-0.4, -0.2) is 25.6 Å². The summed E-state index contributed by atoms with van der Waals surface area (Å²) in [5.74, 6) is -0.249. The fourth-order valence-electron chi connectivity index (χ4n) is 3.53. The van der Waals surface area contributed by atoms with Crippen LogP contribution in [0.3, 0.4) is 0 Å². The van der Waals surface area contributed by atoms with Gasteiger partial charge >= 0.3 is 0 Å². The zero-order valence-corrected chi connectivity index (χ0v) is 17.6. The van der Waals surface area contributed by atoms with Gasteiger partial charge in [0.2, 0.25) is 5.91 Å². The molecule has 0 bridgehead atoms. The number of benzene rings is 2. The molecule has 2 aromatic heterocycles. The Balaban J connectivity index is 1.61. The lowest BCUT2D eigenvalue weighted by atomic mass is 10.1. The lowest BCUT2D eigenvalue weighted by Crippen LogP contribution is -2.16. The predicted molar refractivity (Wildman–Crippen MR) is 119 cm³/mol. The molecule has 8 nitrogen and oxygen atoms in total. The van der Waals surface area contributed by atoms with Gasteiger partial charge in [0.15, 0.2) is 0 Å². The number of non-ortho nitro benzene ring substituents is 1. The van der Waals surface area contributed by atoms with Gasteiger partial charge < -0.3 is 5.32 Å². The Labute approximate surface area is 182 Å². The molecule has 2 aromatic carbocycles. The van der Waals surface area contributed by atoms with Crippen LogP contribution in [0, 0.1) is 24.0 Å². The molecule has 0 radical (unpaired) electrons. The highest BCUT2D eigenvalue weighted by Gasteiger charge is 2.19. The van der Waals surface area contributed by atoms with Crippen molar-refractivity contribution in [2.24, 2.45) is 0 Å². The van der Waals surface area contributed by atoms with E-state index in [2.05, 4.69) is 15.4 Å². The Bertz CT molecular complexity index is 1310. The van der Waals surface area contributed by atoms with Crippen molar-refractivity contribution >= 4 is 39.8 Å². The fourth-order valence-corrected chi connectivity index (χ4v) is 3.66. The number of anilines is 1. The molecular formula is C22H18ClN5O3. The standard InChI is InChI=1S/C22H18ClN5O3/c1-13-18(14(2)27(26-13)16-7-5-15(23)6-8-16)12-21(29)25-19-9-10-20(28(30)31)22-17(19)4-3-11-24-22/h3-11H,12H2,1-2H3,(H,25,29). The summed E-state index contributed by atoms with van der Waals surface area (Å²) in [6.07, 6.45) is 1.60. The van der Waals surface area contributed by atoms with Crippen LogP contribution in [0.5, 0.6) is 0 Å². The lowest BCUT2D eigenvalue weighted by Gasteiger charge is -2.09. The van der Waals surface area contributed by atoms with Crippen LogP contribution < -0.4 is 5.32 Å². The van der Waals surface area contributed by atoms with Crippen molar-refractivity contribution in [2.75, 3.05) is 5.32 Å². The van der Waals surface area contributed by atoms with E-state index in [1.54, 1.807) is 28.9 Å². The molecule has 0 spiro atoms. The Morgan fingerprint density at radius 3 is 2.61 bits per heavy atom. The summed E-state index contributed by atoms with van der Waals surface area (Å²) in [7, 11) is 0. The number of pyridine rings is 1. The van der Waals surface area contributed by atoms with Gasteiger partial charge in [-0.25, -0.2) is 9.67 Å². The van der Waals surface area contributed by atoms with E-state index in [9.17, 15) is 14.9 Å². The maximum absolute atomic E-state index is 12.8. The maximum Gasteiger partial charge on any atom is 0.295 e. The number of aryl methyl sites for hydroxylation is 1. The second-order valence-corrected chi connectivity index (χ2v) is 7.49. The number of nitro groups is 1. The average molecular weight is 436 g/mol. The molecule has 2 heterocycles. The van der Waals surface area contributed by atoms with Crippen LogP contribution in [0.4, 0.5) is 11.4 Å². The SMILES string of the molecule is Cc1nn(-c2ccc(Cl)cc2)c(C)c1CC(=O)Nc1ccc([N+](=O)[O-])c2ncccc12. The summed E-state index contributed by atoms with van der Waals surface area (Å²) < 4.78 is 1.78. The third-order valence-electron chi connectivity index (χ3n) is 5.07. The second-order valence-electron chi connectivity index (χ2n) is 7.05. The van der Waals surface area contributed by atoms with Crippen molar-refractivity contribution in [3.63, 3.8) is 0 Å². The van der Waals surface area contributed by atoms with Crippen molar-refractivity contribution < 1.29 is 9.72 Å². The molecule has 1 N–H and O–H groups in total. The van der Waals surface area contributed by atoms with Crippen molar-refractivity contribution in [1.29, 1.82) is 0 Å². The highest BCUT2D eigenvalue weighted by atomic mass is 35.5. The number of fused-ring (bicyclic) bond motifs is 1. The molecule has 0 unspecified atom stereocenters. The molecule has 31 heavy (non-hydrogen) atoms. The van der Waals surface area contributed by atoms with E-state index in [4.69, 9.17) is 11.6 Å². The van der Waals surface area contributed by atoms with Gasteiger partial charge in [-0.1, -0.05) is 11.6 Å². The van der Waals surface area contributed by atoms with Crippen molar-refractivity contribution in [3.05, 3.63) is 86.8 Å². The maximum atomic E-state index is 12.8. The zero-order valence-electron chi connectivity index (χ0n) is 16.8. The van der Waals surface area contributed by atoms with E-state index in [0.717, 1.165) is 22.6 Å². The Kier molecular flexibility index (Phi) is 5.39. The highest BCUT2D eigenvalue weighted by Crippen LogP contribution is 2.30. The van der Waals surface area contributed by atoms with Gasteiger partial charge in [0.25, 0.3) is 5.69 Å². The molecule has 156 valence electrons. The Morgan fingerprint density at radius 2 is 1.90 bits per heavy atom. The number of halogens is 1. The molecule has 0 saturated heterocycles. The van der Waals surface area contributed by atoms with Crippen LogP contribution in [-0.2, 0) is 11.2 Å². The third-order valence-corrected chi connectivity index (χ3v) is 5.32. The molecule has 0 aliphatic heterocycles. The van der Waals surface area contributed by atoms with Crippen LogP contribution in [0.2, 0.25) is 5.02 Å². The smallest absolute Gasteiger partial charge is 0.295 e. The van der Waals surface area contributed by atoms with Crippen molar-refractivity contribution in [2.45, 2.75) is 20.3 Å². The van der Waals surface area contributed by atoms with Gasteiger partial charge in [0.05, 0.1) is 28.4 Å². The Hall–Kier alpha value is -3.78. The average Bonchev–Trinajstić information content (AvgIpc) is 3.02. The molecule has 0 aliphatic rings. The number of carbonyl (C=O) groups excluding carboxylic acids is 1. The number of nitrogens with zero attached hydrogens (tertiary/aromatic N) is 4. The minimum Gasteiger partial charge on any atom is -0.325 e. The summed E-state index contributed by atoms with van der Waals surface area (Å²) in [6, 6.07) is 13.5. The van der Waals surface area contributed by atoms with Crippen LogP contribution >= 0.6 is 11.6 Å². The Morgan fingerprint density at radius 1 is 1.16 bits per heavy atom. The molecule has 0 aliphatic carbocycles. The summed E-state index contributed by atoms with van der Waals surface area (Å²) >= 11 is 5.97. The minimum absolute atomic E-state index is 0.107. The number of hydrogen-bond acceptors (Lipinski definition) is 5. The van der Waals surface area contributed by atoms with E-state index < -0.39 is 4.92 Å². The number of rotatable bonds is 5. The molecule has 4 aromatic rings. The van der Waals surface area contributed by atoms with Crippen LogP contribution in [0.15, 0.2) is 54.7 Å². The summed E-state index contributed by atoms with van der Waals surface area (Å²) in [6.45, 7) is 3.76. The van der Waals surface area contributed by atoms with E-state index in [1.165, 1.54) is 18.3 Å². The highest BCUT2D eigenvalue weighted by molar-refractivity contribution is 6.30. The van der Waals surface area contributed by atoms with Gasteiger partial charge in [-0.05, 0) is 56.3 Å². The van der Waals surface area contributed by atoms with Gasteiger partial charge in [-0.15, -0.1) is 0 Å². The van der Waals surface area contributed by atoms with Gasteiger partial charge in [0.1, 0.15) is 5.52 Å². The van der Waals surface area contributed by atoms with Crippen LogP contribution in [0.1, 0.15) is 17.0 Å². The number of nitro benzene ring substituents is 1. The number of nitrogens with one attached hydrogen (secondary N) is 1. The molecule has 1 amide bonds. The van der Waals surface area contributed by atoms with Gasteiger partial charge in [0, 0.05) is 33.9 Å². The fraction of sp³-hybridized carbons (Fsp3) is 0.136. The summed E-state index contributed by atoms with van der Waals surface area (Å²) in [5.41, 5.74) is 3.86. The number of amides is 1. The first-order valence-corrected chi connectivity index (χ1v) is 9.86. The molecule has 0 atom stereocenters. The molecule has 0 saturated carbocycles. The van der Waals surface area contributed by atoms with E-state index >= 15 is 0 Å². The number of aromatic nitrogens is 3. The second kappa shape index (κ2) is 8.16. The minimum atomic E-state index is -0.487. The van der Waals surface area contributed by atoms with E-state index in [0.29, 0.717) is 16.1 Å². The molecule has 4 rings (SSSR count). The van der Waals surface area contributed by atoms with Crippen molar-refractivity contribution in [1.82, 2.24) is 14.8 Å². The third kappa shape index (κ3) is 3.97. The predicted octanol–water partition coefficient (Wildman–Crippen LogP) is 4.78.